The van der Waals surface area contributed by atoms with Gasteiger partial charge in [0.1, 0.15) is 6.61 Å². The van der Waals surface area contributed by atoms with E-state index in [1.54, 1.807) is 47.1 Å². The number of carbonyl (C=O) groups excluding carboxylic acids is 2. The molecular formula is C21H20N4O4. The number of aryl methyl sites for hydroxylation is 2. The van der Waals surface area contributed by atoms with Crippen molar-refractivity contribution in [2.75, 3.05) is 6.61 Å². The molecule has 8 heteroatoms. The zero-order valence-corrected chi connectivity index (χ0v) is 16.0. The molecule has 1 aromatic heterocycles. The van der Waals surface area contributed by atoms with Gasteiger partial charge in [-0.2, -0.15) is 5.10 Å². The molecule has 1 aliphatic rings. The molecule has 0 bridgehead atoms. The second-order valence-corrected chi connectivity index (χ2v) is 6.69. The summed E-state index contributed by atoms with van der Waals surface area (Å²) in [7, 11) is 0. The van der Waals surface area contributed by atoms with Crippen molar-refractivity contribution in [3.8, 4) is 17.2 Å². The fourth-order valence-electron chi connectivity index (χ4n) is 3.06. The number of ether oxygens (including phenoxy) is 2. The van der Waals surface area contributed by atoms with Gasteiger partial charge in [-0.3, -0.25) is 20.4 Å². The minimum atomic E-state index is -0.849. The van der Waals surface area contributed by atoms with Gasteiger partial charge in [0, 0.05) is 11.3 Å². The molecule has 0 spiro atoms. The van der Waals surface area contributed by atoms with Crippen LogP contribution in [0.25, 0.3) is 5.69 Å². The number of nitrogens with one attached hydrogen (secondary N) is 2. The Kier molecular flexibility index (Phi) is 4.90. The minimum Gasteiger partial charge on any atom is -0.485 e. The number of hydrogen-bond acceptors (Lipinski definition) is 5. The molecule has 2 aromatic carbocycles. The van der Waals surface area contributed by atoms with Crippen LogP contribution in [0.15, 0.2) is 54.6 Å². The number of nitrogens with zero attached hydrogens (tertiary/aromatic N) is 2. The van der Waals surface area contributed by atoms with Crippen molar-refractivity contribution in [2.24, 2.45) is 0 Å². The first kappa shape index (κ1) is 18.5. The van der Waals surface area contributed by atoms with Crippen molar-refractivity contribution < 1.29 is 19.1 Å². The number of benzene rings is 2. The summed E-state index contributed by atoms with van der Waals surface area (Å²) in [6, 6.07) is 16.0. The molecule has 1 aliphatic heterocycles. The maximum absolute atomic E-state index is 12.3. The zero-order chi connectivity index (χ0) is 20.4. The van der Waals surface area contributed by atoms with Gasteiger partial charge in [0.25, 0.3) is 11.8 Å². The van der Waals surface area contributed by atoms with E-state index in [2.05, 4.69) is 16.0 Å². The van der Waals surface area contributed by atoms with Gasteiger partial charge in [-0.05, 0) is 56.3 Å². The number of aromatic nitrogens is 2. The molecule has 0 saturated heterocycles. The number of hydrogen-bond donors (Lipinski definition) is 2. The highest BCUT2D eigenvalue weighted by Gasteiger charge is 2.27. The normalized spacial score (nSPS) is 14.9. The fraction of sp³-hybridized carbons (Fsp3) is 0.190. The molecule has 8 nitrogen and oxygen atoms in total. The average molecular weight is 392 g/mol. The van der Waals surface area contributed by atoms with Gasteiger partial charge in [0.2, 0.25) is 6.10 Å². The highest BCUT2D eigenvalue weighted by atomic mass is 16.6. The molecule has 1 atom stereocenters. The van der Waals surface area contributed by atoms with E-state index in [0.29, 0.717) is 17.1 Å². The predicted molar refractivity (Wildman–Crippen MR) is 105 cm³/mol. The Hall–Kier alpha value is -3.81. The summed E-state index contributed by atoms with van der Waals surface area (Å²) in [4.78, 5) is 24.6. The molecule has 0 radical (unpaired) electrons. The largest absolute Gasteiger partial charge is 0.485 e. The first-order valence-corrected chi connectivity index (χ1v) is 9.13. The van der Waals surface area contributed by atoms with Gasteiger partial charge < -0.3 is 9.47 Å². The molecule has 3 aromatic rings. The maximum Gasteiger partial charge on any atom is 0.283 e. The van der Waals surface area contributed by atoms with E-state index in [9.17, 15) is 9.59 Å². The number of carbonyl (C=O) groups is 2. The molecule has 29 heavy (non-hydrogen) atoms. The molecule has 2 amide bonds. The highest BCUT2D eigenvalue weighted by Crippen LogP contribution is 2.30. The van der Waals surface area contributed by atoms with Crippen LogP contribution in [-0.2, 0) is 4.79 Å². The molecule has 0 saturated carbocycles. The third kappa shape index (κ3) is 3.91. The summed E-state index contributed by atoms with van der Waals surface area (Å²) in [6.07, 6.45) is -0.849. The Morgan fingerprint density at radius 3 is 2.45 bits per heavy atom. The van der Waals surface area contributed by atoms with E-state index < -0.39 is 17.9 Å². The second-order valence-electron chi connectivity index (χ2n) is 6.69. The molecule has 0 fully saturated rings. The molecule has 148 valence electrons. The molecular weight excluding hydrogens is 372 g/mol. The van der Waals surface area contributed by atoms with Crippen LogP contribution in [-0.4, -0.2) is 34.3 Å². The second kappa shape index (κ2) is 7.67. The van der Waals surface area contributed by atoms with Gasteiger partial charge in [0.05, 0.1) is 11.4 Å². The minimum absolute atomic E-state index is 0.0655. The van der Waals surface area contributed by atoms with E-state index in [1.807, 2.05) is 26.0 Å². The predicted octanol–water partition coefficient (Wildman–Crippen LogP) is 2.09. The van der Waals surface area contributed by atoms with Crippen molar-refractivity contribution in [1.29, 1.82) is 0 Å². The topological polar surface area (TPSA) is 94.5 Å². The van der Waals surface area contributed by atoms with E-state index in [-0.39, 0.29) is 6.61 Å². The van der Waals surface area contributed by atoms with Gasteiger partial charge in [-0.1, -0.05) is 12.1 Å². The standard InChI is InChI=1S/C21H20N4O4/c1-13-11-14(2)25(24-13)16-9-7-15(8-10-16)20(26)22-23-21(27)19-12-28-17-5-3-4-6-18(17)29-19/h3-11,19H,12H2,1-2H3,(H,22,26)(H,23,27)/t19-/m1/s1. The average Bonchev–Trinajstić information content (AvgIpc) is 3.09. The van der Waals surface area contributed by atoms with Crippen LogP contribution in [0.5, 0.6) is 11.5 Å². The third-order valence-electron chi connectivity index (χ3n) is 4.48. The summed E-state index contributed by atoms with van der Waals surface area (Å²) < 4.78 is 12.9. The Bertz CT molecular complexity index is 1060. The third-order valence-corrected chi connectivity index (χ3v) is 4.48. The molecule has 4 rings (SSSR count). The van der Waals surface area contributed by atoms with Crippen LogP contribution < -0.4 is 20.3 Å². The first-order valence-electron chi connectivity index (χ1n) is 9.13. The lowest BCUT2D eigenvalue weighted by atomic mass is 10.2. The van der Waals surface area contributed by atoms with Crippen molar-refractivity contribution in [3.05, 3.63) is 71.5 Å². The van der Waals surface area contributed by atoms with E-state index in [1.165, 1.54) is 0 Å². The van der Waals surface area contributed by atoms with Crippen molar-refractivity contribution in [1.82, 2.24) is 20.6 Å². The summed E-state index contributed by atoms with van der Waals surface area (Å²) in [5.41, 5.74) is 7.95. The lowest BCUT2D eigenvalue weighted by Crippen LogP contribution is -2.50. The lowest BCUT2D eigenvalue weighted by Gasteiger charge is -2.25. The van der Waals surface area contributed by atoms with Crippen molar-refractivity contribution in [2.45, 2.75) is 20.0 Å². The van der Waals surface area contributed by atoms with Crippen LogP contribution in [0.1, 0.15) is 21.7 Å². The number of amides is 2. The van der Waals surface area contributed by atoms with Crippen LogP contribution in [0.4, 0.5) is 0 Å². The van der Waals surface area contributed by atoms with Crippen molar-refractivity contribution in [3.63, 3.8) is 0 Å². The summed E-state index contributed by atoms with van der Waals surface area (Å²) >= 11 is 0. The van der Waals surface area contributed by atoms with Gasteiger partial charge in [-0.25, -0.2) is 4.68 Å². The Balaban J connectivity index is 1.35. The fourth-order valence-corrected chi connectivity index (χ4v) is 3.06. The quantitative estimate of drug-likeness (QED) is 0.666. The van der Waals surface area contributed by atoms with Crippen molar-refractivity contribution >= 4 is 11.8 Å². The maximum atomic E-state index is 12.3. The summed E-state index contributed by atoms with van der Waals surface area (Å²) in [6.45, 7) is 3.95. The number of para-hydroxylation sites is 2. The molecule has 0 unspecified atom stereocenters. The monoisotopic (exact) mass is 392 g/mol. The molecule has 0 aliphatic carbocycles. The van der Waals surface area contributed by atoms with E-state index >= 15 is 0 Å². The van der Waals surface area contributed by atoms with Crippen LogP contribution >= 0.6 is 0 Å². The zero-order valence-electron chi connectivity index (χ0n) is 16.0. The Labute approximate surface area is 167 Å². The number of rotatable bonds is 3. The molecule has 2 N–H and O–H groups in total. The summed E-state index contributed by atoms with van der Waals surface area (Å²) in [5.74, 6) is 0.149. The van der Waals surface area contributed by atoms with Gasteiger partial charge in [-0.15, -0.1) is 0 Å². The SMILES string of the molecule is Cc1cc(C)n(-c2ccc(C(=O)NNC(=O)[C@H]3COc4ccccc4O3)cc2)n1. The lowest BCUT2D eigenvalue weighted by molar-refractivity contribution is -0.131. The van der Waals surface area contributed by atoms with Gasteiger partial charge in [0.15, 0.2) is 11.5 Å². The van der Waals surface area contributed by atoms with Crippen LogP contribution in [0.3, 0.4) is 0 Å². The van der Waals surface area contributed by atoms with Crippen LogP contribution in [0, 0.1) is 13.8 Å². The first-order chi connectivity index (χ1) is 14.0. The molecule has 2 heterocycles. The Morgan fingerprint density at radius 1 is 1.03 bits per heavy atom. The smallest absolute Gasteiger partial charge is 0.283 e. The highest BCUT2D eigenvalue weighted by molar-refractivity contribution is 5.96. The number of fused-ring (bicyclic) bond motifs is 1. The summed E-state index contributed by atoms with van der Waals surface area (Å²) in [5, 5.41) is 4.42. The van der Waals surface area contributed by atoms with Gasteiger partial charge >= 0.3 is 0 Å². The van der Waals surface area contributed by atoms with E-state index in [4.69, 9.17) is 9.47 Å². The van der Waals surface area contributed by atoms with E-state index in [0.717, 1.165) is 17.1 Å². The Morgan fingerprint density at radius 2 is 1.76 bits per heavy atom. The number of hydrazine groups is 1. The van der Waals surface area contributed by atoms with Crippen LogP contribution in [0.2, 0.25) is 0 Å².